The van der Waals surface area contributed by atoms with Gasteiger partial charge >= 0.3 is 24.3 Å². The number of aromatic nitrogens is 1. The minimum Gasteiger partial charge on any atom is -0.489 e. The average Bonchev–Trinajstić information content (AvgIpc) is 3.03. The molecule has 1 fully saturated rings. The molecule has 0 aliphatic heterocycles. The van der Waals surface area contributed by atoms with E-state index in [1.165, 1.54) is 0 Å². The smallest absolute Gasteiger partial charge is 0.489 e. The molecule has 1 heterocycles. The molecule has 3 aromatic rings. The predicted molar refractivity (Wildman–Crippen MR) is 156 cm³/mol. The Hall–Kier alpha value is -4.97. The van der Waals surface area contributed by atoms with E-state index in [-0.39, 0.29) is 11.9 Å². The van der Waals surface area contributed by atoms with Crippen molar-refractivity contribution >= 4 is 34.7 Å². The standard InChI is InChI=1S/C26H30N4O4.2C2HF3O2/c1-16-14-18(20-6-3-4-8-22(20)28-16)15-34-19-12-10-17(11-13-19)25(31)29-24-21(26(32)30-33)7-5-9-23(24)27-2;2*3-2(4,5)1(6)7/h3-4,6,8,10-14,21,23-24,27,33H,5,7,9,15H2,1-2H3,(H,29,31)(H,30,32);2*(H,6,7)/t21-,23+,24-;;/m1../s1. The number of aliphatic carboxylic acids is 2. The fourth-order valence-corrected chi connectivity index (χ4v) is 4.71. The molecule has 1 aromatic heterocycles. The molecule has 1 aliphatic carbocycles. The Kier molecular flexibility index (Phi) is 14.1. The summed E-state index contributed by atoms with van der Waals surface area (Å²) in [6.07, 6.45) is -7.88. The third-order valence-corrected chi connectivity index (χ3v) is 6.94. The molecule has 0 spiro atoms. The fraction of sp³-hybridized carbons (Fsp3) is 0.367. The summed E-state index contributed by atoms with van der Waals surface area (Å²) in [6, 6.07) is 16.4. The Balaban J connectivity index is 0.000000479. The minimum absolute atomic E-state index is 0.0544. The first-order chi connectivity index (χ1) is 22.4. The zero-order valence-electron chi connectivity index (χ0n) is 25.4. The highest BCUT2D eigenvalue weighted by molar-refractivity contribution is 5.95. The van der Waals surface area contributed by atoms with Crippen LogP contribution < -0.4 is 20.9 Å². The molecule has 6 N–H and O–H groups in total. The summed E-state index contributed by atoms with van der Waals surface area (Å²) in [5.41, 5.74) is 5.12. The minimum atomic E-state index is -5.08. The SMILES string of the molecule is CN[C@H]1CCC[C@@H](C(=O)NO)[C@H]1NC(=O)c1ccc(OCc2cc(C)nc3ccccc23)cc1.O=C(O)C(F)(F)F.O=C(O)C(F)(F)F. The fourth-order valence-electron chi connectivity index (χ4n) is 4.71. The molecule has 0 bridgehead atoms. The van der Waals surface area contributed by atoms with Crippen LogP contribution in [0.3, 0.4) is 0 Å². The van der Waals surface area contributed by atoms with E-state index in [0.29, 0.717) is 24.3 Å². The molecular weight excluding hydrogens is 658 g/mol. The number of alkyl halides is 6. The van der Waals surface area contributed by atoms with Gasteiger partial charge in [0.25, 0.3) is 5.91 Å². The number of fused-ring (bicyclic) bond motifs is 1. The van der Waals surface area contributed by atoms with Crippen molar-refractivity contribution < 1.29 is 65.7 Å². The van der Waals surface area contributed by atoms with Crippen molar-refractivity contribution in [2.75, 3.05) is 7.05 Å². The molecule has 48 heavy (non-hydrogen) atoms. The zero-order chi connectivity index (χ0) is 36.2. The summed E-state index contributed by atoms with van der Waals surface area (Å²) in [4.78, 5) is 47.4. The van der Waals surface area contributed by atoms with E-state index >= 15 is 0 Å². The number of hydroxylamine groups is 1. The molecule has 1 saturated carbocycles. The molecular formula is C30H32F6N4O8. The number of halogens is 6. The number of pyridine rings is 1. The monoisotopic (exact) mass is 690 g/mol. The Morgan fingerprint density at radius 1 is 0.917 bits per heavy atom. The number of rotatable bonds is 7. The lowest BCUT2D eigenvalue weighted by molar-refractivity contribution is -0.193. The number of carboxylic acids is 2. The van der Waals surface area contributed by atoms with Crippen molar-refractivity contribution in [2.24, 2.45) is 5.92 Å². The molecule has 12 nitrogen and oxygen atoms in total. The van der Waals surface area contributed by atoms with Crippen LogP contribution in [-0.2, 0) is 21.0 Å². The normalized spacial score (nSPS) is 17.5. The highest BCUT2D eigenvalue weighted by Crippen LogP contribution is 2.26. The molecule has 0 unspecified atom stereocenters. The molecule has 4 rings (SSSR count). The van der Waals surface area contributed by atoms with Crippen molar-refractivity contribution in [3.8, 4) is 5.75 Å². The first-order valence-electron chi connectivity index (χ1n) is 14.0. The topological polar surface area (TPSA) is 187 Å². The molecule has 0 saturated heterocycles. The summed E-state index contributed by atoms with van der Waals surface area (Å²) in [6.45, 7) is 2.35. The number of likely N-dealkylation sites (N-methyl/N-ethyl adjacent to an activating group) is 1. The Bertz CT molecular complexity index is 1540. The van der Waals surface area contributed by atoms with Crippen LogP contribution in [0.4, 0.5) is 26.3 Å². The highest BCUT2D eigenvalue weighted by atomic mass is 19.4. The molecule has 262 valence electrons. The van der Waals surface area contributed by atoms with Crippen LogP contribution >= 0.6 is 0 Å². The van der Waals surface area contributed by atoms with Gasteiger partial charge in [-0.3, -0.25) is 19.8 Å². The number of hydrogen-bond donors (Lipinski definition) is 6. The zero-order valence-corrected chi connectivity index (χ0v) is 25.4. The summed E-state index contributed by atoms with van der Waals surface area (Å²) in [7, 11) is 1.81. The van der Waals surface area contributed by atoms with Crippen LogP contribution in [0, 0.1) is 12.8 Å². The average molecular weight is 691 g/mol. The maximum atomic E-state index is 12.9. The molecule has 18 heteroatoms. The van der Waals surface area contributed by atoms with E-state index in [2.05, 4.69) is 15.6 Å². The van der Waals surface area contributed by atoms with Gasteiger partial charge in [-0.15, -0.1) is 0 Å². The van der Waals surface area contributed by atoms with Crippen LogP contribution in [-0.4, -0.2) is 75.6 Å². The third-order valence-electron chi connectivity index (χ3n) is 6.94. The lowest BCUT2D eigenvalue weighted by Crippen LogP contribution is -2.58. The van der Waals surface area contributed by atoms with Gasteiger partial charge in [0.05, 0.1) is 17.5 Å². The summed E-state index contributed by atoms with van der Waals surface area (Å²) in [5, 5.41) is 30.6. The van der Waals surface area contributed by atoms with Crippen molar-refractivity contribution in [2.45, 2.75) is 57.2 Å². The first kappa shape index (κ1) is 39.2. The van der Waals surface area contributed by atoms with Gasteiger partial charge in [-0.05, 0) is 63.2 Å². The first-order valence-corrected chi connectivity index (χ1v) is 14.0. The van der Waals surface area contributed by atoms with Crippen LogP contribution in [0.1, 0.15) is 40.9 Å². The number of benzene rings is 2. The third kappa shape index (κ3) is 11.7. The second-order valence-electron chi connectivity index (χ2n) is 10.3. The summed E-state index contributed by atoms with van der Waals surface area (Å²) < 4.78 is 69.5. The van der Waals surface area contributed by atoms with Crippen LogP contribution in [0.15, 0.2) is 54.6 Å². The van der Waals surface area contributed by atoms with Crippen LogP contribution in [0.5, 0.6) is 5.75 Å². The lowest BCUT2D eigenvalue weighted by Gasteiger charge is -2.37. The number of aryl methyl sites for hydroxylation is 1. The number of para-hydroxylation sites is 1. The van der Waals surface area contributed by atoms with E-state index in [1.807, 2.05) is 44.3 Å². The summed E-state index contributed by atoms with van der Waals surface area (Å²) in [5.74, 6) is -6.11. The van der Waals surface area contributed by atoms with Crippen molar-refractivity contribution in [3.63, 3.8) is 0 Å². The number of ether oxygens (including phenoxy) is 1. The van der Waals surface area contributed by atoms with Gasteiger partial charge in [-0.1, -0.05) is 24.6 Å². The van der Waals surface area contributed by atoms with E-state index < -0.39 is 42.2 Å². The predicted octanol–water partition coefficient (Wildman–Crippen LogP) is 4.38. The maximum Gasteiger partial charge on any atom is 0.490 e. The maximum absolute atomic E-state index is 12.9. The second kappa shape index (κ2) is 17.3. The van der Waals surface area contributed by atoms with Crippen LogP contribution in [0.25, 0.3) is 10.9 Å². The summed E-state index contributed by atoms with van der Waals surface area (Å²) >= 11 is 0. The molecule has 3 atom stereocenters. The Morgan fingerprint density at radius 2 is 1.48 bits per heavy atom. The van der Waals surface area contributed by atoms with E-state index in [9.17, 15) is 35.9 Å². The van der Waals surface area contributed by atoms with Gasteiger partial charge in [-0.2, -0.15) is 26.3 Å². The highest BCUT2D eigenvalue weighted by Gasteiger charge is 2.39. The van der Waals surface area contributed by atoms with E-state index in [1.54, 1.807) is 29.7 Å². The number of nitrogens with one attached hydrogen (secondary N) is 3. The molecule has 2 aromatic carbocycles. The van der Waals surface area contributed by atoms with Crippen molar-refractivity contribution in [1.82, 2.24) is 21.1 Å². The second-order valence-corrected chi connectivity index (χ2v) is 10.3. The van der Waals surface area contributed by atoms with E-state index in [0.717, 1.165) is 35.0 Å². The van der Waals surface area contributed by atoms with Gasteiger partial charge < -0.3 is 25.6 Å². The lowest BCUT2D eigenvalue weighted by atomic mass is 9.80. The van der Waals surface area contributed by atoms with Gasteiger partial charge in [0.15, 0.2) is 0 Å². The van der Waals surface area contributed by atoms with Gasteiger partial charge in [-0.25, -0.2) is 15.1 Å². The number of carbonyl (C=O) groups is 4. The van der Waals surface area contributed by atoms with Crippen molar-refractivity contribution in [3.05, 3.63) is 71.4 Å². The van der Waals surface area contributed by atoms with Gasteiger partial charge in [0, 0.05) is 28.2 Å². The van der Waals surface area contributed by atoms with E-state index in [4.69, 9.17) is 29.7 Å². The number of amides is 2. The molecule has 1 aliphatic rings. The largest absolute Gasteiger partial charge is 0.490 e. The van der Waals surface area contributed by atoms with Crippen LogP contribution in [0.2, 0.25) is 0 Å². The van der Waals surface area contributed by atoms with Gasteiger partial charge in [0.2, 0.25) is 5.91 Å². The number of nitrogens with zero attached hydrogens (tertiary/aromatic N) is 1. The van der Waals surface area contributed by atoms with Crippen molar-refractivity contribution in [1.29, 1.82) is 0 Å². The number of carbonyl (C=O) groups excluding carboxylic acids is 2. The Morgan fingerprint density at radius 3 is 2.00 bits per heavy atom. The molecule has 2 amide bonds. The Labute approximate surface area is 269 Å². The number of hydrogen-bond acceptors (Lipinski definition) is 8. The number of carboxylic acid groups (broad SMARTS) is 2. The quantitative estimate of drug-likeness (QED) is 0.118. The van der Waals surface area contributed by atoms with Gasteiger partial charge in [0.1, 0.15) is 12.4 Å². The molecule has 0 radical (unpaired) electrons.